The van der Waals surface area contributed by atoms with Gasteiger partial charge in [-0.25, -0.2) is 0 Å². The molecular weight excluding hydrogens is 565 g/mol. The first-order valence-electron chi connectivity index (χ1n) is 15.5. The minimum absolute atomic E-state index is 0.597. The number of aliphatic imine (C=N–C) groups is 2. The molecule has 0 unspecified atom stereocenters. The maximum absolute atomic E-state index is 5.92. The number of rotatable bonds is 23. The summed E-state index contributed by atoms with van der Waals surface area (Å²) < 4.78 is 35.5. The van der Waals surface area contributed by atoms with Gasteiger partial charge >= 0.3 is 17.6 Å². The Hall–Kier alpha value is -2.03. The topological polar surface area (TPSA) is 80.1 Å². The van der Waals surface area contributed by atoms with Gasteiger partial charge in [-0.2, -0.15) is 0 Å². The zero-order chi connectivity index (χ0) is 30.5. The maximum Gasteiger partial charge on any atom is 0.500 e. The van der Waals surface area contributed by atoms with Crippen LogP contribution in [0.3, 0.4) is 0 Å². The van der Waals surface area contributed by atoms with Crippen molar-refractivity contribution in [1.82, 2.24) is 0 Å². The van der Waals surface area contributed by atoms with Crippen molar-refractivity contribution in [1.29, 1.82) is 0 Å². The normalized spacial score (nSPS) is 12.6. The van der Waals surface area contributed by atoms with E-state index in [1.807, 2.05) is 54.0 Å². The average Bonchev–Trinajstić information content (AvgIpc) is 2.98. The molecule has 0 saturated carbocycles. The summed E-state index contributed by atoms with van der Waals surface area (Å²) >= 11 is 0. The smallest absolute Gasteiger partial charge is 0.374 e. The molecule has 0 aromatic heterocycles. The summed E-state index contributed by atoms with van der Waals surface area (Å²) in [4.78, 5) is 9.24. The lowest BCUT2D eigenvalue weighted by Gasteiger charge is -2.28. The van der Waals surface area contributed by atoms with Crippen LogP contribution in [0.15, 0.2) is 58.5 Å². The fourth-order valence-corrected chi connectivity index (χ4v) is 9.83. The summed E-state index contributed by atoms with van der Waals surface area (Å²) in [7, 11) is -5.19. The van der Waals surface area contributed by atoms with E-state index < -0.39 is 17.6 Å². The van der Waals surface area contributed by atoms with Crippen molar-refractivity contribution < 1.29 is 26.6 Å². The highest BCUT2D eigenvalue weighted by Gasteiger charge is 2.40. The van der Waals surface area contributed by atoms with Gasteiger partial charge in [0.1, 0.15) is 0 Å². The monoisotopic (exact) mass is 616 g/mol. The summed E-state index contributed by atoms with van der Waals surface area (Å²) in [6, 6.07) is 18.5. The van der Waals surface area contributed by atoms with Crippen molar-refractivity contribution in [2.75, 3.05) is 52.7 Å². The molecule has 0 radical (unpaired) electrons. The van der Waals surface area contributed by atoms with Crippen LogP contribution in [0.4, 0.5) is 0 Å². The van der Waals surface area contributed by atoms with Crippen LogP contribution in [-0.2, 0) is 26.6 Å². The van der Waals surface area contributed by atoms with Crippen LogP contribution in [0.5, 0.6) is 0 Å². The highest BCUT2D eigenvalue weighted by molar-refractivity contribution is 6.61. The molecule has 0 bridgehead atoms. The second-order valence-corrected chi connectivity index (χ2v) is 14.9. The van der Waals surface area contributed by atoms with Gasteiger partial charge in [-0.05, 0) is 76.6 Å². The summed E-state index contributed by atoms with van der Waals surface area (Å²) in [6.07, 6.45) is 5.59. The molecule has 0 aliphatic carbocycles. The lowest BCUT2D eigenvalue weighted by molar-refractivity contribution is 0.0702. The van der Waals surface area contributed by atoms with E-state index in [2.05, 4.69) is 58.5 Å². The second-order valence-electron chi connectivity index (χ2n) is 9.49. The van der Waals surface area contributed by atoms with Crippen LogP contribution in [-0.4, -0.2) is 82.8 Å². The number of nitrogens with zero attached hydrogens (tertiary/aromatic N) is 2. The highest BCUT2D eigenvalue weighted by Crippen LogP contribution is 2.21. The van der Waals surface area contributed by atoms with Gasteiger partial charge in [-0.1, -0.05) is 48.5 Å². The third-order valence-corrected chi connectivity index (χ3v) is 12.7. The number of benzene rings is 2. The Labute approximate surface area is 256 Å². The van der Waals surface area contributed by atoms with Gasteiger partial charge in [0.2, 0.25) is 0 Å². The largest absolute Gasteiger partial charge is 0.500 e. The molecule has 0 aliphatic rings. The molecule has 0 N–H and O–H groups in total. The fraction of sp³-hybridized carbons (Fsp3) is 0.562. The van der Waals surface area contributed by atoms with Crippen molar-refractivity contribution in [3.8, 4) is 11.1 Å². The molecule has 0 amide bonds. The minimum atomic E-state index is -2.60. The molecule has 2 aromatic rings. The van der Waals surface area contributed by atoms with E-state index in [4.69, 9.17) is 26.6 Å². The molecule has 10 heteroatoms. The first kappa shape index (κ1) is 36.2. The number of hydrogen-bond acceptors (Lipinski definition) is 8. The van der Waals surface area contributed by atoms with Crippen molar-refractivity contribution in [3.63, 3.8) is 0 Å². The van der Waals surface area contributed by atoms with Gasteiger partial charge in [0.05, 0.1) is 0 Å². The molecule has 0 saturated heterocycles. The van der Waals surface area contributed by atoms with E-state index in [1.165, 1.54) is 11.1 Å². The Morgan fingerprint density at radius 3 is 1.02 bits per heavy atom. The predicted molar refractivity (Wildman–Crippen MR) is 177 cm³/mol. The zero-order valence-corrected chi connectivity index (χ0v) is 28.6. The van der Waals surface area contributed by atoms with Gasteiger partial charge in [-0.3, -0.25) is 9.98 Å². The van der Waals surface area contributed by atoms with Crippen molar-refractivity contribution in [2.24, 2.45) is 9.98 Å². The predicted octanol–water partition coefficient (Wildman–Crippen LogP) is 7.07. The Morgan fingerprint density at radius 2 is 0.762 bits per heavy atom. The van der Waals surface area contributed by atoms with E-state index in [9.17, 15) is 0 Å². The quantitative estimate of drug-likeness (QED) is 0.0755. The van der Waals surface area contributed by atoms with Crippen molar-refractivity contribution in [2.45, 2.75) is 66.5 Å². The third kappa shape index (κ3) is 12.7. The minimum Gasteiger partial charge on any atom is -0.374 e. The third-order valence-electron chi connectivity index (χ3n) is 6.36. The lowest BCUT2D eigenvalue weighted by atomic mass is 10.0. The molecule has 0 spiro atoms. The molecule has 0 fully saturated rings. The SMILES string of the molecule is CCO[Si](CCCN=Cc1ccc(-c2ccc(C=NCCC[Si](OCC)(OCC)OCC)cc2)cc1)(OCC)OCC. The summed E-state index contributed by atoms with van der Waals surface area (Å²) in [5.74, 6) is 0. The molecule has 0 aliphatic heterocycles. The molecule has 0 atom stereocenters. The Bertz CT molecular complexity index is 917. The first-order chi connectivity index (χ1) is 20.5. The Balaban J connectivity index is 1.84. The van der Waals surface area contributed by atoms with Crippen molar-refractivity contribution in [3.05, 3.63) is 59.7 Å². The van der Waals surface area contributed by atoms with Crippen LogP contribution < -0.4 is 0 Å². The summed E-state index contributed by atoms with van der Waals surface area (Å²) in [5, 5.41) is 0. The zero-order valence-electron chi connectivity index (χ0n) is 26.6. The van der Waals surface area contributed by atoms with Crippen LogP contribution in [0, 0.1) is 0 Å². The van der Waals surface area contributed by atoms with E-state index in [0.717, 1.165) is 36.1 Å². The van der Waals surface area contributed by atoms with E-state index in [-0.39, 0.29) is 0 Å². The Morgan fingerprint density at radius 1 is 0.476 bits per heavy atom. The summed E-state index contributed by atoms with van der Waals surface area (Å²) in [6.45, 7) is 16.9. The lowest BCUT2D eigenvalue weighted by Crippen LogP contribution is -2.46. The van der Waals surface area contributed by atoms with E-state index >= 15 is 0 Å². The standard InChI is InChI=1S/C32H52N2O6Si2/c1-7-35-41(36-8-2,37-9-3)25-13-23-33-27-29-15-19-31(20-16-29)32-21-17-30(18-22-32)28-34-24-14-26-42(38-10-4,39-11-5)40-12-6/h15-22,27-28H,7-14,23-26H2,1-6H3. The van der Waals surface area contributed by atoms with Gasteiger partial charge in [0.25, 0.3) is 0 Å². The highest BCUT2D eigenvalue weighted by atomic mass is 28.4. The van der Waals surface area contributed by atoms with Gasteiger partial charge in [0.15, 0.2) is 0 Å². The molecular formula is C32H52N2O6Si2. The van der Waals surface area contributed by atoms with Crippen LogP contribution >= 0.6 is 0 Å². The number of hydrogen-bond donors (Lipinski definition) is 0. The van der Waals surface area contributed by atoms with Crippen LogP contribution in [0.2, 0.25) is 12.1 Å². The van der Waals surface area contributed by atoms with Crippen LogP contribution in [0.25, 0.3) is 11.1 Å². The van der Waals surface area contributed by atoms with E-state index in [0.29, 0.717) is 52.7 Å². The Kier molecular flexibility index (Phi) is 17.9. The maximum atomic E-state index is 5.92. The summed E-state index contributed by atoms with van der Waals surface area (Å²) in [5.41, 5.74) is 4.49. The van der Waals surface area contributed by atoms with Gasteiger partial charge < -0.3 is 26.6 Å². The van der Waals surface area contributed by atoms with Gasteiger partial charge in [-0.15, -0.1) is 0 Å². The average molecular weight is 617 g/mol. The van der Waals surface area contributed by atoms with Crippen molar-refractivity contribution >= 4 is 30.0 Å². The molecule has 8 nitrogen and oxygen atoms in total. The molecule has 2 rings (SSSR count). The van der Waals surface area contributed by atoms with Gasteiger partial charge in [0, 0.05) is 77.2 Å². The van der Waals surface area contributed by atoms with E-state index in [1.54, 1.807) is 0 Å². The second kappa shape index (κ2) is 20.8. The van der Waals surface area contributed by atoms with Crippen LogP contribution in [0.1, 0.15) is 65.5 Å². The molecule has 2 aromatic carbocycles. The molecule has 234 valence electrons. The molecule has 42 heavy (non-hydrogen) atoms. The first-order valence-corrected chi connectivity index (χ1v) is 19.4. The fourth-order valence-electron chi connectivity index (χ4n) is 4.64. The molecule has 0 heterocycles.